The average molecular weight is 308 g/mol. The van der Waals surface area contributed by atoms with Crippen LogP contribution in [-0.2, 0) is 16.4 Å². The van der Waals surface area contributed by atoms with E-state index < -0.39 is 10.0 Å². The number of sulfonamides is 1. The fraction of sp³-hybridized carbons (Fsp3) is 0.429. The number of rotatable bonds is 8. The highest BCUT2D eigenvalue weighted by Crippen LogP contribution is 2.16. The van der Waals surface area contributed by atoms with Crippen LogP contribution in [0.5, 0.6) is 0 Å². The first-order chi connectivity index (χ1) is 10.1. The van der Waals surface area contributed by atoms with Crippen LogP contribution in [0.2, 0.25) is 0 Å². The monoisotopic (exact) mass is 308 g/mol. The van der Waals surface area contributed by atoms with Gasteiger partial charge in [0.15, 0.2) is 0 Å². The number of hydrogen-bond donors (Lipinski definition) is 2. The zero-order valence-electron chi connectivity index (χ0n) is 12.0. The molecule has 0 aliphatic heterocycles. The average Bonchev–Trinajstić information content (AvgIpc) is 2.97. The molecule has 6 nitrogen and oxygen atoms in total. The molecule has 0 aliphatic carbocycles. The molecule has 0 saturated heterocycles. The van der Waals surface area contributed by atoms with Crippen molar-refractivity contribution in [3.05, 3.63) is 48.0 Å². The second kappa shape index (κ2) is 7.33. The summed E-state index contributed by atoms with van der Waals surface area (Å²) in [5.74, 6) is 0.837. The van der Waals surface area contributed by atoms with E-state index in [0.717, 1.165) is 11.4 Å². The molecule has 1 atom stereocenters. The summed E-state index contributed by atoms with van der Waals surface area (Å²) in [5.41, 5.74) is 1.03. The van der Waals surface area contributed by atoms with Gasteiger partial charge in [-0.3, -0.25) is 5.10 Å². The molecule has 114 valence electrons. The quantitative estimate of drug-likeness (QED) is 0.723. The third-order valence-corrected chi connectivity index (χ3v) is 4.80. The lowest BCUT2D eigenvalue weighted by molar-refractivity contribution is 0.573. The van der Waals surface area contributed by atoms with Gasteiger partial charge in [-0.2, -0.15) is 5.10 Å². The van der Waals surface area contributed by atoms with Crippen molar-refractivity contribution in [2.45, 2.75) is 25.7 Å². The molecule has 0 amide bonds. The van der Waals surface area contributed by atoms with Crippen LogP contribution < -0.4 is 4.72 Å². The molecule has 21 heavy (non-hydrogen) atoms. The molecule has 2 N–H and O–H groups in total. The van der Waals surface area contributed by atoms with Crippen LogP contribution in [0.15, 0.2) is 36.7 Å². The van der Waals surface area contributed by atoms with E-state index in [0.29, 0.717) is 19.4 Å². The van der Waals surface area contributed by atoms with Crippen molar-refractivity contribution in [3.8, 4) is 0 Å². The molecule has 1 unspecified atom stereocenters. The van der Waals surface area contributed by atoms with Gasteiger partial charge in [0.05, 0.1) is 5.75 Å². The van der Waals surface area contributed by atoms with Crippen LogP contribution in [0.25, 0.3) is 0 Å². The van der Waals surface area contributed by atoms with E-state index in [1.54, 1.807) is 0 Å². The lowest BCUT2D eigenvalue weighted by Crippen LogP contribution is -2.29. The first kappa shape index (κ1) is 15.7. The van der Waals surface area contributed by atoms with Gasteiger partial charge in [-0.05, 0) is 17.9 Å². The SMILES string of the molecule is CC(CS(=O)(=O)NCCCc1ncn[nH]1)c1ccccc1. The largest absolute Gasteiger partial charge is 0.263 e. The van der Waals surface area contributed by atoms with Crippen molar-refractivity contribution >= 4 is 10.0 Å². The Hall–Kier alpha value is -1.73. The molecular weight excluding hydrogens is 288 g/mol. The van der Waals surface area contributed by atoms with Gasteiger partial charge in [0, 0.05) is 13.0 Å². The summed E-state index contributed by atoms with van der Waals surface area (Å²) in [6.45, 7) is 2.33. The van der Waals surface area contributed by atoms with E-state index in [9.17, 15) is 8.42 Å². The van der Waals surface area contributed by atoms with Crippen molar-refractivity contribution in [1.29, 1.82) is 0 Å². The Morgan fingerprint density at radius 2 is 2.05 bits per heavy atom. The van der Waals surface area contributed by atoms with E-state index in [1.165, 1.54) is 6.33 Å². The van der Waals surface area contributed by atoms with Crippen molar-refractivity contribution in [3.63, 3.8) is 0 Å². The number of H-pyrrole nitrogens is 1. The Morgan fingerprint density at radius 3 is 2.71 bits per heavy atom. The molecule has 0 fully saturated rings. The Kier molecular flexibility index (Phi) is 5.46. The topological polar surface area (TPSA) is 87.7 Å². The predicted molar refractivity (Wildman–Crippen MR) is 81.4 cm³/mol. The first-order valence-electron chi connectivity index (χ1n) is 6.93. The summed E-state index contributed by atoms with van der Waals surface area (Å²) in [7, 11) is -3.27. The van der Waals surface area contributed by atoms with Gasteiger partial charge in [-0.15, -0.1) is 0 Å². The summed E-state index contributed by atoms with van der Waals surface area (Å²) in [5, 5.41) is 6.50. The summed E-state index contributed by atoms with van der Waals surface area (Å²) < 4.78 is 26.7. The number of aromatic nitrogens is 3. The second-order valence-electron chi connectivity index (χ2n) is 5.02. The number of aromatic amines is 1. The fourth-order valence-electron chi connectivity index (χ4n) is 2.10. The lowest BCUT2D eigenvalue weighted by Gasteiger charge is -2.13. The van der Waals surface area contributed by atoms with Gasteiger partial charge in [-0.1, -0.05) is 37.3 Å². The van der Waals surface area contributed by atoms with Crippen molar-refractivity contribution in [2.75, 3.05) is 12.3 Å². The first-order valence-corrected chi connectivity index (χ1v) is 8.58. The molecule has 0 aliphatic rings. The molecule has 1 heterocycles. The van der Waals surface area contributed by atoms with Crippen molar-refractivity contribution < 1.29 is 8.42 Å². The van der Waals surface area contributed by atoms with E-state index in [-0.39, 0.29) is 11.7 Å². The minimum Gasteiger partial charge on any atom is -0.263 e. The number of benzene rings is 1. The molecule has 0 bridgehead atoms. The maximum absolute atomic E-state index is 12.0. The normalized spacial score (nSPS) is 13.2. The standard InChI is InChI=1S/C14H20N4O2S/c1-12(13-6-3-2-4-7-13)10-21(19,20)17-9-5-8-14-15-11-16-18-14/h2-4,6-7,11-12,17H,5,8-10H2,1H3,(H,15,16,18). The van der Waals surface area contributed by atoms with Gasteiger partial charge in [0.1, 0.15) is 12.2 Å². The Morgan fingerprint density at radius 1 is 1.29 bits per heavy atom. The van der Waals surface area contributed by atoms with Gasteiger partial charge < -0.3 is 0 Å². The summed E-state index contributed by atoms with van der Waals surface area (Å²) in [6.07, 6.45) is 2.81. The lowest BCUT2D eigenvalue weighted by atomic mass is 10.0. The minimum atomic E-state index is -3.27. The molecule has 2 rings (SSSR count). The Bertz CT molecular complexity index is 626. The van der Waals surface area contributed by atoms with Crippen LogP contribution in [0.1, 0.15) is 30.7 Å². The van der Waals surface area contributed by atoms with Gasteiger partial charge in [0.2, 0.25) is 10.0 Å². The highest BCUT2D eigenvalue weighted by molar-refractivity contribution is 7.89. The van der Waals surface area contributed by atoms with E-state index in [2.05, 4.69) is 19.9 Å². The summed E-state index contributed by atoms with van der Waals surface area (Å²) >= 11 is 0. The van der Waals surface area contributed by atoms with Crippen molar-refractivity contribution in [2.24, 2.45) is 0 Å². The number of nitrogens with zero attached hydrogens (tertiary/aromatic N) is 2. The fourth-order valence-corrected chi connectivity index (χ4v) is 3.52. The Labute approximate surface area is 125 Å². The molecule has 7 heteroatoms. The summed E-state index contributed by atoms with van der Waals surface area (Å²) in [6, 6.07) is 9.66. The predicted octanol–water partition coefficient (Wildman–Crippen LogP) is 1.46. The van der Waals surface area contributed by atoms with Crippen LogP contribution >= 0.6 is 0 Å². The molecule has 0 spiro atoms. The molecule has 1 aromatic carbocycles. The second-order valence-corrected chi connectivity index (χ2v) is 6.87. The van der Waals surface area contributed by atoms with Crippen LogP contribution in [-0.4, -0.2) is 35.9 Å². The maximum atomic E-state index is 12.0. The molecule has 0 radical (unpaired) electrons. The van der Waals surface area contributed by atoms with E-state index in [1.807, 2.05) is 37.3 Å². The van der Waals surface area contributed by atoms with Gasteiger partial charge >= 0.3 is 0 Å². The molecule has 1 aromatic heterocycles. The molecule has 0 saturated carbocycles. The van der Waals surface area contributed by atoms with Crippen LogP contribution in [0, 0.1) is 0 Å². The van der Waals surface area contributed by atoms with Crippen molar-refractivity contribution in [1.82, 2.24) is 19.9 Å². The number of aryl methyl sites for hydroxylation is 1. The number of nitrogens with one attached hydrogen (secondary N) is 2. The summed E-state index contributed by atoms with van der Waals surface area (Å²) in [4.78, 5) is 3.99. The highest BCUT2D eigenvalue weighted by Gasteiger charge is 2.16. The zero-order valence-corrected chi connectivity index (χ0v) is 12.8. The molecule has 2 aromatic rings. The maximum Gasteiger partial charge on any atom is 0.212 e. The third kappa shape index (κ3) is 5.28. The zero-order chi connectivity index (χ0) is 15.1. The van der Waals surface area contributed by atoms with Gasteiger partial charge in [-0.25, -0.2) is 18.1 Å². The van der Waals surface area contributed by atoms with Crippen LogP contribution in [0.4, 0.5) is 0 Å². The number of hydrogen-bond acceptors (Lipinski definition) is 4. The minimum absolute atomic E-state index is 0.0297. The molecular formula is C14H20N4O2S. The highest BCUT2D eigenvalue weighted by atomic mass is 32.2. The van der Waals surface area contributed by atoms with E-state index in [4.69, 9.17) is 0 Å². The Balaban J connectivity index is 1.76. The van der Waals surface area contributed by atoms with Gasteiger partial charge in [0.25, 0.3) is 0 Å². The smallest absolute Gasteiger partial charge is 0.212 e. The van der Waals surface area contributed by atoms with E-state index >= 15 is 0 Å². The van der Waals surface area contributed by atoms with Crippen LogP contribution in [0.3, 0.4) is 0 Å². The third-order valence-electron chi connectivity index (χ3n) is 3.22.